The van der Waals surface area contributed by atoms with E-state index in [1.165, 1.54) is 11.1 Å². The van der Waals surface area contributed by atoms with Crippen molar-refractivity contribution in [2.45, 2.75) is 19.9 Å². The van der Waals surface area contributed by atoms with Gasteiger partial charge in [-0.2, -0.15) is 5.10 Å². The van der Waals surface area contributed by atoms with E-state index in [4.69, 9.17) is 4.99 Å². The summed E-state index contributed by atoms with van der Waals surface area (Å²) in [5.41, 5.74) is 3.65. The van der Waals surface area contributed by atoms with Gasteiger partial charge in [-0.1, -0.05) is 24.3 Å². The van der Waals surface area contributed by atoms with E-state index in [9.17, 15) is 0 Å². The van der Waals surface area contributed by atoms with Crippen molar-refractivity contribution in [3.63, 3.8) is 0 Å². The molecule has 0 saturated carbocycles. The van der Waals surface area contributed by atoms with Crippen LogP contribution in [0.2, 0.25) is 0 Å². The molecule has 0 spiro atoms. The van der Waals surface area contributed by atoms with Crippen molar-refractivity contribution in [3.05, 3.63) is 47.9 Å². The van der Waals surface area contributed by atoms with Crippen molar-refractivity contribution in [2.24, 2.45) is 12.0 Å². The van der Waals surface area contributed by atoms with Crippen LogP contribution in [0.25, 0.3) is 11.0 Å². The number of halogens is 1. The summed E-state index contributed by atoms with van der Waals surface area (Å²) in [6.07, 6.45) is 4.40. The van der Waals surface area contributed by atoms with Gasteiger partial charge in [0.15, 0.2) is 11.6 Å². The first kappa shape index (κ1) is 21.3. The normalized spacial score (nSPS) is 13.7. The molecule has 0 aliphatic carbocycles. The molecule has 29 heavy (non-hydrogen) atoms. The van der Waals surface area contributed by atoms with E-state index >= 15 is 0 Å². The van der Waals surface area contributed by atoms with Crippen molar-refractivity contribution in [2.75, 3.05) is 31.5 Å². The van der Waals surface area contributed by atoms with Gasteiger partial charge in [0.05, 0.1) is 18.1 Å². The van der Waals surface area contributed by atoms with E-state index in [-0.39, 0.29) is 24.0 Å². The molecule has 1 aliphatic heterocycles. The molecule has 154 valence electrons. The highest BCUT2D eigenvalue weighted by Crippen LogP contribution is 2.19. The summed E-state index contributed by atoms with van der Waals surface area (Å²) in [7, 11) is 1.88. The van der Waals surface area contributed by atoms with Crippen LogP contribution in [0.15, 0.2) is 41.8 Å². The molecule has 9 heteroatoms. The fourth-order valence-corrected chi connectivity index (χ4v) is 3.54. The van der Waals surface area contributed by atoms with E-state index in [1.807, 2.05) is 7.05 Å². The zero-order chi connectivity index (χ0) is 19.3. The van der Waals surface area contributed by atoms with Gasteiger partial charge >= 0.3 is 0 Å². The molecule has 2 aromatic heterocycles. The van der Waals surface area contributed by atoms with Gasteiger partial charge in [-0.3, -0.25) is 9.67 Å². The Hall–Kier alpha value is -2.43. The Bertz CT molecular complexity index is 984. The molecule has 8 nitrogen and oxygen atoms in total. The van der Waals surface area contributed by atoms with Gasteiger partial charge in [0.2, 0.25) is 0 Å². The first-order valence-corrected chi connectivity index (χ1v) is 9.73. The molecule has 0 saturated heterocycles. The van der Waals surface area contributed by atoms with Gasteiger partial charge in [-0.05, 0) is 24.5 Å². The molecule has 0 amide bonds. The topological polar surface area (TPSA) is 83.3 Å². The van der Waals surface area contributed by atoms with Crippen molar-refractivity contribution in [1.82, 2.24) is 30.0 Å². The van der Waals surface area contributed by atoms with Gasteiger partial charge in [0.1, 0.15) is 12.1 Å². The second-order valence-corrected chi connectivity index (χ2v) is 6.83. The Morgan fingerprint density at radius 2 is 2.03 bits per heavy atom. The molecule has 0 radical (unpaired) electrons. The largest absolute Gasteiger partial charge is 0.367 e. The molecular formula is C20H27IN8. The lowest BCUT2D eigenvalue weighted by Crippen LogP contribution is -2.44. The van der Waals surface area contributed by atoms with Crippen molar-refractivity contribution in [3.8, 4) is 0 Å². The van der Waals surface area contributed by atoms with E-state index in [0.29, 0.717) is 13.1 Å². The molecule has 0 atom stereocenters. The molecule has 0 fully saturated rings. The van der Waals surface area contributed by atoms with Gasteiger partial charge in [-0.15, -0.1) is 24.0 Å². The van der Waals surface area contributed by atoms with Gasteiger partial charge < -0.3 is 15.5 Å². The number of aliphatic imine (C=N–C) groups is 1. The second-order valence-electron chi connectivity index (χ2n) is 6.83. The van der Waals surface area contributed by atoms with Crippen LogP contribution in [-0.2, 0) is 20.0 Å². The minimum Gasteiger partial charge on any atom is -0.367 e. The Kier molecular flexibility index (Phi) is 7.24. The maximum absolute atomic E-state index is 4.82. The molecule has 2 N–H and O–H groups in total. The summed E-state index contributed by atoms with van der Waals surface area (Å²) < 4.78 is 1.75. The highest BCUT2D eigenvalue weighted by molar-refractivity contribution is 14.0. The highest BCUT2D eigenvalue weighted by Gasteiger charge is 2.18. The Morgan fingerprint density at radius 3 is 2.86 bits per heavy atom. The zero-order valence-electron chi connectivity index (χ0n) is 16.8. The lowest BCUT2D eigenvalue weighted by atomic mass is 10.0. The van der Waals surface area contributed by atoms with E-state index in [0.717, 1.165) is 48.9 Å². The third-order valence-electron chi connectivity index (χ3n) is 4.96. The number of aryl methyl sites for hydroxylation is 1. The molecular weight excluding hydrogens is 479 g/mol. The van der Waals surface area contributed by atoms with Crippen LogP contribution in [0.4, 0.5) is 5.82 Å². The third-order valence-corrected chi connectivity index (χ3v) is 4.96. The van der Waals surface area contributed by atoms with Gasteiger partial charge in [-0.25, -0.2) is 9.97 Å². The number of nitrogens with zero attached hydrogens (tertiary/aromatic N) is 6. The average molecular weight is 506 g/mol. The van der Waals surface area contributed by atoms with Crippen molar-refractivity contribution >= 4 is 46.8 Å². The third kappa shape index (κ3) is 4.77. The number of fused-ring (bicyclic) bond motifs is 2. The SMILES string of the molecule is CCNC(=NCCNc1ncnc2c1cnn2C)N1CCc2ccccc2C1.I. The van der Waals surface area contributed by atoms with Crippen LogP contribution in [0.1, 0.15) is 18.1 Å². The van der Waals surface area contributed by atoms with Crippen LogP contribution < -0.4 is 10.6 Å². The number of aromatic nitrogens is 4. The first-order chi connectivity index (χ1) is 13.8. The van der Waals surface area contributed by atoms with Crippen LogP contribution in [0.5, 0.6) is 0 Å². The maximum Gasteiger partial charge on any atom is 0.194 e. The predicted molar refractivity (Wildman–Crippen MR) is 127 cm³/mol. The average Bonchev–Trinajstić information content (AvgIpc) is 3.11. The molecule has 0 unspecified atom stereocenters. The lowest BCUT2D eigenvalue weighted by molar-refractivity contribution is 0.379. The van der Waals surface area contributed by atoms with E-state index < -0.39 is 0 Å². The summed E-state index contributed by atoms with van der Waals surface area (Å²) in [5.74, 6) is 1.76. The number of rotatable bonds is 5. The lowest BCUT2D eigenvalue weighted by Gasteiger charge is -2.31. The van der Waals surface area contributed by atoms with Crippen molar-refractivity contribution in [1.29, 1.82) is 0 Å². The highest BCUT2D eigenvalue weighted by atomic mass is 127. The minimum absolute atomic E-state index is 0. The quantitative estimate of drug-likeness (QED) is 0.240. The molecule has 1 aromatic carbocycles. The monoisotopic (exact) mass is 506 g/mol. The Balaban J connectivity index is 0.00000240. The fraction of sp³-hybridized carbons (Fsp3) is 0.400. The number of nitrogens with one attached hydrogen (secondary N) is 2. The summed E-state index contributed by atoms with van der Waals surface area (Å²) >= 11 is 0. The second kappa shape index (κ2) is 9.86. The zero-order valence-corrected chi connectivity index (χ0v) is 19.1. The number of hydrogen-bond acceptors (Lipinski definition) is 5. The molecule has 3 heterocycles. The van der Waals surface area contributed by atoms with Crippen LogP contribution in [-0.4, -0.2) is 56.8 Å². The van der Waals surface area contributed by atoms with Crippen molar-refractivity contribution < 1.29 is 0 Å². The number of guanidine groups is 1. The minimum atomic E-state index is 0. The summed E-state index contributed by atoms with van der Waals surface area (Å²) in [6.45, 7) is 6.20. The Morgan fingerprint density at radius 1 is 1.21 bits per heavy atom. The summed E-state index contributed by atoms with van der Waals surface area (Å²) in [5, 5.41) is 12.0. The van der Waals surface area contributed by atoms with E-state index in [1.54, 1.807) is 17.2 Å². The summed E-state index contributed by atoms with van der Waals surface area (Å²) in [4.78, 5) is 15.7. The number of benzene rings is 1. The van der Waals surface area contributed by atoms with E-state index in [2.05, 4.69) is 61.8 Å². The summed E-state index contributed by atoms with van der Waals surface area (Å²) in [6, 6.07) is 8.66. The van der Waals surface area contributed by atoms with Crippen LogP contribution >= 0.6 is 24.0 Å². The number of anilines is 1. The number of hydrogen-bond donors (Lipinski definition) is 2. The van der Waals surface area contributed by atoms with Gasteiger partial charge in [0.25, 0.3) is 0 Å². The fourth-order valence-electron chi connectivity index (χ4n) is 3.54. The van der Waals surface area contributed by atoms with Crippen LogP contribution in [0.3, 0.4) is 0 Å². The smallest absolute Gasteiger partial charge is 0.194 e. The molecule has 0 bridgehead atoms. The molecule has 1 aliphatic rings. The molecule has 3 aromatic rings. The standard InChI is InChI=1S/C20H26N8.HI/c1-3-21-20(28-11-8-15-6-4-5-7-16(15)13-28)23-10-9-22-18-17-12-26-27(2)19(17)25-14-24-18;/h4-7,12,14H,3,8-11,13H2,1-2H3,(H,21,23)(H,22,24,25);1H. The Labute approximate surface area is 187 Å². The first-order valence-electron chi connectivity index (χ1n) is 9.73. The van der Waals surface area contributed by atoms with Gasteiger partial charge in [0, 0.05) is 33.2 Å². The predicted octanol–water partition coefficient (Wildman–Crippen LogP) is 2.42. The maximum atomic E-state index is 4.82. The van der Waals surface area contributed by atoms with Crippen LogP contribution in [0, 0.1) is 0 Å². The molecule has 4 rings (SSSR count).